The number of thiophene rings is 1. The van der Waals surface area contributed by atoms with Gasteiger partial charge in [0.2, 0.25) is 0 Å². The number of hydrogen-bond donors (Lipinski definition) is 2. The van der Waals surface area contributed by atoms with E-state index >= 15 is 0 Å². The molecular weight excluding hydrogens is 266 g/mol. The van der Waals surface area contributed by atoms with Crippen molar-refractivity contribution in [3.05, 3.63) is 20.8 Å². The second-order valence-electron chi connectivity index (χ2n) is 3.33. The monoisotopic (exact) mass is 275 g/mol. The van der Waals surface area contributed by atoms with Gasteiger partial charge >= 0.3 is 0 Å². The summed E-state index contributed by atoms with van der Waals surface area (Å²) in [6.45, 7) is 0. The summed E-state index contributed by atoms with van der Waals surface area (Å²) in [7, 11) is 0. The third-order valence-electron chi connectivity index (χ3n) is 2.04. The van der Waals surface area contributed by atoms with Crippen LogP contribution in [0.15, 0.2) is 15.9 Å². The van der Waals surface area contributed by atoms with Gasteiger partial charge in [-0.1, -0.05) is 0 Å². The number of aliphatic hydroxyl groups is 1. The van der Waals surface area contributed by atoms with Crippen LogP contribution in [-0.4, -0.2) is 17.1 Å². The van der Waals surface area contributed by atoms with E-state index in [1.807, 2.05) is 6.07 Å². The molecule has 0 saturated heterocycles. The maximum absolute atomic E-state index is 11.4. The first kappa shape index (κ1) is 10.1. The van der Waals surface area contributed by atoms with Gasteiger partial charge in [-0.15, -0.1) is 11.3 Å². The summed E-state index contributed by atoms with van der Waals surface area (Å²) in [4.78, 5) is 12.1. The molecular formula is C9H10BrNO2S. The summed E-state index contributed by atoms with van der Waals surface area (Å²) >= 11 is 4.67. The first-order valence-corrected chi connectivity index (χ1v) is 6.01. The minimum atomic E-state index is -1.02. The Bertz CT molecular complexity index is 348. The predicted octanol–water partition coefficient (Wildman–Crippen LogP) is 1.82. The van der Waals surface area contributed by atoms with Crippen LogP contribution in [0.1, 0.15) is 23.8 Å². The van der Waals surface area contributed by atoms with Gasteiger partial charge in [0.25, 0.3) is 5.91 Å². The molecule has 2 N–H and O–H groups in total. The first-order chi connectivity index (χ1) is 6.66. The van der Waals surface area contributed by atoms with Crippen molar-refractivity contribution < 1.29 is 9.90 Å². The van der Waals surface area contributed by atoms with Crippen LogP contribution in [0.4, 0.5) is 0 Å². The fraction of sp³-hybridized carbons (Fsp3) is 0.444. The van der Waals surface area contributed by atoms with E-state index in [0.717, 1.165) is 16.6 Å². The highest BCUT2D eigenvalue weighted by molar-refractivity contribution is 9.11. The Balaban J connectivity index is 1.99. The Labute approximate surface area is 94.3 Å². The lowest BCUT2D eigenvalue weighted by molar-refractivity contribution is -0.129. The molecule has 5 heteroatoms. The molecule has 0 spiro atoms. The number of carbonyl (C=O) groups is 1. The number of halogens is 1. The van der Waals surface area contributed by atoms with Crippen LogP contribution in [0.5, 0.6) is 0 Å². The average molecular weight is 276 g/mol. The minimum absolute atomic E-state index is 0.290. The molecule has 0 aromatic carbocycles. The molecule has 1 aliphatic carbocycles. The number of nitrogens with one attached hydrogen (secondary N) is 1. The van der Waals surface area contributed by atoms with Gasteiger partial charge in [-0.3, -0.25) is 4.79 Å². The van der Waals surface area contributed by atoms with Crippen molar-refractivity contribution in [2.45, 2.75) is 25.0 Å². The van der Waals surface area contributed by atoms with E-state index in [2.05, 4.69) is 21.2 Å². The Morgan fingerprint density at radius 3 is 2.86 bits per heavy atom. The van der Waals surface area contributed by atoms with Crippen LogP contribution < -0.4 is 5.32 Å². The minimum Gasteiger partial charge on any atom is -0.378 e. The topological polar surface area (TPSA) is 49.3 Å². The molecule has 1 atom stereocenters. The third-order valence-corrected chi connectivity index (χ3v) is 3.71. The Hall–Kier alpha value is -0.390. The Kier molecular flexibility index (Phi) is 2.90. The zero-order valence-electron chi connectivity index (χ0n) is 7.37. The van der Waals surface area contributed by atoms with E-state index in [0.29, 0.717) is 10.9 Å². The zero-order chi connectivity index (χ0) is 10.1. The van der Waals surface area contributed by atoms with Crippen molar-refractivity contribution in [3.8, 4) is 0 Å². The fourth-order valence-corrected chi connectivity index (χ4v) is 2.52. The van der Waals surface area contributed by atoms with Gasteiger partial charge < -0.3 is 10.4 Å². The smallest absolute Gasteiger partial charge is 0.254 e. The lowest BCUT2D eigenvalue weighted by Gasteiger charge is -2.08. The number of aliphatic hydroxyl groups excluding tert-OH is 1. The summed E-state index contributed by atoms with van der Waals surface area (Å²) in [5.74, 6) is -0.290. The highest BCUT2D eigenvalue weighted by atomic mass is 79.9. The molecule has 2 rings (SSSR count). The van der Waals surface area contributed by atoms with Gasteiger partial charge in [-0.2, -0.15) is 0 Å². The van der Waals surface area contributed by atoms with E-state index < -0.39 is 6.10 Å². The van der Waals surface area contributed by atoms with Gasteiger partial charge in [0, 0.05) is 10.9 Å². The van der Waals surface area contributed by atoms with Crippen LogP contribution >= 0.6 is 27.3 Å². The second kappa shape index (κ2) is 4.00. The molecule has 1 amide bonds. The van der Waals surface area contributed by atoms with E-state index in [-0.39, 0.29) is 5.91 Å². The van der Waals surface area contributed by atoms with Crippen molar-refractivity contribution in [3.63, 3.8) is 0 Å². The Morgan fingerprint density at radius 1 is 1.64 bits per heavy atom. The Morgan fingerprint density at radius 2 is 2.36 bits per heavy atom. The van der Waals surface area contributed by atoms with E-state index in [1.54, 1.807) is 6.07 Å². The van der Waals surface area contributed by atoms with Gasteiger partial charge in [0.05, 0.1) is 3.79 Å². The molecule has 0 radical (unpaired) electrons. The molecule has 3 nitrogen and oxygen atoms in total. The number of rotatable bonds is 3. The van der Waals surface area contributed by atoms with Crippen LogP contribution in [0, 0.1) is 0 Å². The van der Waals surface area contributed by atoms with E-state index in [9.17, 15) is 9.90 Å². The molecule has 1 aliphatic rings. The summed E-state index contributed by atoms with van der Waals surface area (Å²) in [6, 6.07) is 3.88. The fourth-order valence-electron chi connectivity index (χ4n) is 1.11. The van der Waals surface area contributed by atoms with Crippen molar-refractivity contribution in [2.75, 3.05) is 0 Å². The van der Waals surface area contributed by atoms with Gasteiger partial charge in [-0.25, -0.2) is 0 Å². The van der Waals surface area contributed by atoms with E-state index in [1.165, 1.54) is 11.3 Å². The lowest BCUT2D eigenvalue weighted by Crippen LogP contribution is -2.30. The summed E-state index contributed by atoms with van der Waals surface area (Å²) in [5, 5.41) is 12.4. The van der Waals surface area contributed by atoms with Gasteiger partial charge in [0.15, 0.2) is 6.10 Å². The maximum atomic E-state index is 11.4. The molecule has 1 heterocycles. The second-order valence-corrected chi connectivity index (χ2v) is 5.82. The number of amides is 1. The molecule has 1 aromatic rings. The van der Waals surface area contributed by atoms with E-state index in [4.69, 9.17) is 0 Å². The maximum Gasteiger partial charge on any atom is 0.254 e. The van der Waals surface area contributed by atoms with Gasteiger partial charge in [0.1, 0.15) is 0 Å². The predicted molar refractivity (Wildman–Crippen MR) is 58.1 cm³/mol. The summed E-state index contributed by atoms with van der Waals surface area (Å²) < 4.78 is 0.922. The third kappa shape index (κ3) is 2.34. The average Bonchev–Trinajstić information content (AvgIpc) is 2.85. The molecule has 14 heavy (non-hydrogen) atoms. The van der Waals surface area contributed by atoms with Crippen LogP contribution in [0.3, 0.4) is 0 Å². The highest BCUT2D eigenvalue weighted by Crippen LogP contribution is 2.28. The normalized spacial score (nSPS) is 17.9. The van der Waals surface area contributed by atoms with Crippen molar-refractivity contribution in [1.29, 1.82) is 0 Å². The van der Waals surface area contributed by atoms with Crippen molar-refractivity contribution in [1.82, 2.24) is 5.32 Å². The molecule has 1 fully saturated rings. The standard InChI is InChI=1S/C9H10BrNO2S/c10-7-4-3-6(14-7)8(12)9(13)11-5-1-2-5/h3-5,8,12H,1-2H2,(H,11,13). The van der Waals surface area contributed by atoms with Crippen molar-refractivity contribution >= 4 is 33.2 Å². The number of carbonyl (C=O) groups excluding carboxylic acids is 1. The largest absolute Gasteiger partial charge is 0.378 e. The quantitative estimate of drug-likeness (QED) is 0.884. The highest BCUT2D eigenvalue weighted by Gasteiger charge is 2.27. The lowest BCUT2D eigenvalue weighted by atomic mass is 10.3. The summed E-state index contributed by atoms with van der Waals surface area (Å²) in [6.07, 6.45) is 1.05. The molecule has 0 bridgehead atoms. The van der Waals surface area contributed by atoms with Crippen molar-refractivity contribution in [2.24, 2.45) is 0 Å². The molecule has 0 aliphatic heterocycles. The molecule has 1 unspecified atom stereocenters. The molecule has 76 valence electrons. The zero-order valence-corrected chi connectivity index (χ0v) is 9.77. The summed E-state index contributed by atoms with van der Waals surface area (Å²) in [5.41, 5.74) is 0. The molecule has 1 saturated carbocycles. The van der Waals surface area contributed by atoms with Crippen LogP contribution in [0.2, 0.25) is 0 Å². The first-order valence-electron chi connectivity index (χ1n) is 4.40. The SMILES string of the molecule is O=C(NC1CC1)C(O)c1ccc(Br)s1. The molecule has 1 aromatic heterocycles. The van der Waals surface area contributed by atoms with Crippen LogP contribution in [0.25, 0.3) is 0 Å². The van der Waals surface area contributed by atoms with Crippen LogP contribution in [-0.2, 0) is 4.79 Å². The van der Waals surface area contributed by atoms with Gasteiger partial charge in [-0.05, 0) is 40.9 Å². The number of hydrogen-bond acceptors (Lipinski definition) is 3.